The van der Waals surface area contributed by atoms with Crippen LogP contribution in [0.25, 0.3) is 0 Å². The Labute approximate surface area is 109 Å². The van der Waals surface area contributed by atoms with E-state index in [-0.39, 0.29) is 24.4 Å². The van der Waals surface area contributed by atoms with Gasteiger partial charge in [0.15, 0.2) is 11.6 Å². The van der Waals surface area contributed by atoms with E-state index in [2.05, 4.69) is 6.92 Å². The van der Waals surface area contributed by atoms with Crippen LogP contribution >= 0.6 is 0 Å². The highest BCUT2D eigenvalue weighted by molar-refractivity contribution is 5.02. The van der Waals surface area contributed by atoms with Gasteiger partial charge in [0.05, 0.1) is 12.2 Å². The van der Waals surface area contributed by atoms with E-state index in [9.17, 15) is 0 Å². The maximum atomic E-state index is 6.07. The highest BCUT2D eigenvalue weighted by Gasteiger charge is 2.59. The molecule has 0 N–H and O–H groups in total. The van der Waals surface area contributed by atoms with Gasteiger partial charge in [-0.15, -0.1) is 0 Å². The van der Waals surface area contributed by atoms with Gasteiger partial charge in [-0.05, 0) is 40.0 Å². The van der Waals surface area contributed by atoms with Crippen LogP contribution in [-0.4, -0.2) is 36.0 Å². The molecule has 2 saturated heterocycles. The predicted octanol–water partition coefficient (Wildman–Crippen LogP) is 2.46. The van der Waals surface area contributed by atoms with E-state index in [1.165, 1.54) is 0 Å². The summed E-state index contributed by atoms with van der Waals surface area (Å²) in [6.45, 7) is 10.1. The summed E-state index contributed by atoms with van der Waals surface area (Å²) in [7, 11) is 0. The SMILES string of the molecule is CCC1CC2OC(C)(C)OC2C2OC(C)(C)OC12. The molecule has 0 bridgehead atoms. The first-order valence-electron chi connectivity index (χ1n) is 7.02. The summed E-state index contributed by atoms with van der Waals surface area (Å²) in [5.41, 5.74) is 0. The summed E-state index contributed by atoms with van der Waals surface area (Å²) >= 11 is 0. The molecule has 0 aromatic heterocycles. The second-order valence-electron chi connectivity index (χ2n) is 6.61. The predicted molar refractivity (Wildman–Crippen MR) is 66.0 cm³/mol. The summed E-state index contributed by atoms with van der Waals surface area (Å²) in [5.74, 6) is -0.512. The number of fused-ring (bicyclic) bond motifs is 3. The molecule has 5 unspecified atom stereocenters. The van der Waals surface area contributed by atoms with E-state index in [4.69, 9.17) is 18.9 Å². The first-order chi connectivity index (χ1) is 8.31. The summed E-state index contributed by atoms with van der Waals surface area (Å²) in [4.78, 5) is 0. The zero-order valence-corrected chi connectivity index (χ0v) is 11.9. The molecule has 3 rings (SSSR count). The molecule has 1 aliphatic carbocycles. The third-order valence-electron chi connectivity index (χ3n) is 4.23. The fraction of sp³-hybridized carbons (Fsp3) is 1.00. The summed E-state index contributed by atoms with van der Waals surface area (Å²) in [6, 6.07) is 0. The van der Waals surface area contributed by atoms with Crippen LogP contribution in [0.4, 0.5) is 0 Å². The Balaban J connectivity index is 1.86. The topological polar surface area (TPSA) is 36.9 Å². The molecule has 0 radical (unpaired) electrons. The molecule has 18 heavy (non-hydrogen) atoms. The van der Waals surface area contributed by atoms with Crippen LogP contribution in [0.3, 0.4) is 0 Å². The summed E-state index contributed by atoms with van der Waals surface area (Å²) < 4.78 is 24.2. The molecule has 0 amide bonds. The lowest BCUT2D eigenvalue weighted by molar-refractivity contribution is -0.176. The van der Waals surface area contributed by atoms with E-state index >= 15 is 0 Å². The Morgan fingerprint density at radius 1 is 0.833 bits per heavy atom. The van der Waals surface area contributed by atoms with E-state index in [1.807, 2.05) is 27.7 Å². The van der Waals surface area contributed by atoms with Gasteiger partial charge in [0.1, 0.15) is 12.2 Å². The fourth-order valence-corrected chi connectivity index (χ4v) is 3.59. The highest BCUT2D eigenvalue weighted by Crippen LogP contribution is 2.47. The van der Waals surface area contributed by atoms with Crippen molar-refractivity contribution in [3.63, 3.8) is 0 Å². The van der Waals surface area contributed by atoms with E-state index < -0.39 is 11.6 Å². The van der Waals surface area contributed by atoms with Crippen LogP contribution < -0.4 is 0 Å². The molecular formula is C14H24O4. The van der Waals surface area contributed by atoms with Gasteiger partial charge in [-0.1, -0.05) is 13.3 Å². The smallest absolute Gasteiger partial charge is 0.163 e. The van der Waals surface area contributed by atoms with Crippen LogP contribution in [-0.2, 0) is 18.9 Å². The molecule has 0 aromatic carbocycles. The molecular weight excluding hydrogens is 232 g/mol. The maximum Gasteiger partial charge on any atom is 0.163 e. The van der Waals surface area contributed by atoms with Crippen molar-refractivity contribution in [1.82, 2.24) is 0 Å². The molecule has 4 nitrogen and oxygen atoms in total. The largest absolute Gasteiger partial charge is 0.344 e. The van der Waals surface area contributed by atoms with Crippen molar-refractivity contribution >= 4 is 0 Å². The molecule has 104 valence electrons. The van der Waals surface area contributed by atoms with Crippen molar-refractivity contribution in [2.45, 2.75) is 83.5 Å². The normalized spacial score (nSPS) is 48.8. The molecule has 0 spiro atoms. The number of hydrogen-bond donors (Lipinski definition) is 0. The minimum absolute atomic E-state index is 0.00507. The Kier molecular flexibility index (Phi) is 2.80. The molecule has 3 fully saturated rings. The van der Waals surface area contributed by atoms with Crippen molar-refractivity contribution in [1.29, 1.82) is 0 Å². The van der Waals surface area contributed by atoms with Crippen LogP contribution in [0.15, 0.2) is 0 Å². The van der Waals surface area contributed by atoms with Crippen molar-refractivity contribution in [2.24, 2.45) is 5.92 Å². The molecule has 3 aliphatic rings. The zero-order chi connectivity index (χ0) is 13.1. The molecule has 2 heterocycles. The fourth-order valence-electron chi connectivity index (χ4n) is 3.59. The summed E-state index contributed by atoms with van der Waals surface area (Å²) in [6.07, 6.45) is 2.39. The first kappa shape index (κ1) is 12.9. The lowest BCUT2D eigenvalue weighted by atomic mass is 9.79. The molecule has 1 saturated carbocycles. The molecule has 4 heteroatoms. The van der Waals surface area contributed by atoms with Crippen LogP contribution in [0.5, 0.6) is 0 Å². The number of ether oxygens (including phenoxy) is 4. The van der Waals surface area contributed by atoms with E-state index in [0.717, 1.165) is 12.8 Å². The zero-order valence-electron chi connectivity index (χ0n) is 11.9. The third kappa shape index (κ3) is 1.99. The van der Waals surface area contributed by atoms with Crippen LogP contribution in [0.2, 0.25) is 0 Å². The Bertz CT molecular complexity index is 339. The van der Waals surface area contributed by atoms with Gasteiger partial charge < -0.3 is 18.9 Å². The van der Waals surface area contributed by atoms with E-state index in [0.29, 0.717) is 5.92 Å². The monoisotopic (exact) mass is 256 g/mol. The van der Waals surface area contributed by atoms with Crippen LogP contribution in [0.1, 0.15) is 47.5 Å². The minimum atomic E-state index is -0.506. The van der Waals surface area contributed by atoms with Gasteiger partial charge >= 0.3 is 0 Å². The average molecular weight is 256 g/mol. The van der Waals surface area contributed by atoms with E-state index in [1.54, 1.807) is 0 Å². The Morgan fingerprint density at radius 3 is 2.06 bits per heavy atom. The molecule has 0 aromatic rings. The van der Waals surface area contributed by atoms with Crippen molar-refractivity contribution < 1.29 is 18.9 Å². The van der Waals surface area contributed by atoms with Gasteiger partial charge in [-0.3, -0.25) is 0 Å². The van der Waals surface area contributed by atoms with Gasteiger partial charge in [0.2, 0.25) is 0 Å². The third-order valence-corrected chi connectivity index (χ3v) is 4.23. The Morgan fingerprint density at radius 2 is 1.39 bits per heavy atom. The van der Waals surface area contributed by atoms with Crippen LogP contribution in [0, 0.1) is 5.92 Å². The number of hydrogen-bond acceptors (Lipinski definition) is 4. The average Bonchev–Trinajstić information content (AvgIpc) is 2.71. The minimum Gasteiger partial charge on any atom is -0.344 e. The van der Waals surface area contributed by atoms with Gasteiger partial charge in [-0.2, -0.15) is 0 Å². The Hall–Kier alpha value is -0.160. The lowest BCUT2D eigenvalue weighted by Gasteiger charge is -2.36. The van der Waals surface area contributed by atoms with Gasteiger partial charge in [0.25, 0.3) is 0 Å². The second kappa shape index (κ2) is 3.92. The summed E-state index contributed by atoms with van der Waals surface area (Å²) in [5, 5.41) is 0. The van der Waals surface area contributed by atoms with Gasteiger partial charge in [-0.25, -0.2) is 0 Å². The molecule has 2 aliphatic heterocycles. The van der Waals surface area contributed by atoms with Crippen molar-refractivity contribution in [3.8, 4) is 0 Å². The van der Waals surface area contributed by atoms with Crippen molar-refractivity contribution in [3.05, 3.63) is 0 Å². The standard InChI is InChI=1S/C14H24O4/c1-6-8-7-9-11(17-13(2,3)15-9)12-10(8)16-14(4,5)18-12/h8-12H,6-7H2,1-5H3. The molecule has 5 atom stereocenters. The highest BCUT2D eigenvalue weighted by atomic mass is 16.8. The second-order valence-corrected chi connectivity index (χ2v) is 6.61. The first-order valence-corrected chi connectivity index (χ1v) is 7.02. The van der Waals surface area contributed by atoms with Crippen molar-refractivity contribution in [2.75, 3.05) is 0 Å². The lowest BCUT2D eigenvalue weighted by Crippen LogP contribution is -2.50. The number of rotatable bonds is 1. The maximum absolute atomic E-state index is 6.07. The quantitative estimate of drug-likeness (QED) is 0.722. The van der Waals surface area contributed by atoms with Gasteiger partial charge in [0, 0.05) is 0 Å².